The first-order chi connectivity index (χ1) is 10.3. The first kappa shape index (κ1) is 14.3. The number of aryl methyl sites for hydroxylation is 1. The molecule has 2 aromatic rings. The molecule has 1 aliphatic rings. The van der Waals surface area contributed by atoms with Crippen molar-refractivity contribution >= 4 is 10.9 Å². The molecule has 3 heteroatoms. The number of aromatic nitrogens is 1. The summed E-state index contributed by atoms with van der Waals surface area (Å²) in [6, 6.07) is 10.3. The maximum Gasteiger partial charge on any atom is 0.189 e. The van der Waals surface area contributed by atoms with Crippen molar-refractivity contribution in [3.63, 3.8) is 0 Å². The molecule has 2 unspecified atom stereocenters. The SMILES string of the molecule is CCNC1CCCC1CCn1ccc(=O)c2ccccc21. The fourth-order valence-corrected chi connectivity index (χ4v) is 3.67. The second-order valence-corrected chi connectivity index (χ2v) is 6.03. The van der Waals surface area contributed by atoms with Crippen LogP contribution in [0, 0.1) is 5.92 Å². The third-order valence-corrected chi connectivity index (χ3v) is 4.75. The second-order valence-electron chi connectivity index (χ2n) is 6.03. The Bertz CT molecular complexity index is 662. The molecule has 0 amide bonds. The average Bonchev–Trinajstić information content (AvgIpc) is 2.95. The van der Waals surface area contributed by atoms with Crippen molar-refractivity contribution in [2.75, 3.05) is 6.54 Å². The standard InChI is InChI=1S/C18H24N2O/c1-2-19-16-8-5-6-14(16)10-12-20-13-11-18(21)15-7-3-4-9-17(15)20/h3-4,7,9,11,13-14,16,19H,2,5-6,8,10,12H2,1H3. The number of benzene rings is 1. The maximum absolute atomic E-state index is 11.9. The molecule has 1 aliphatic carbocycles. The van der Waals surface area contributed by atoms with Crippen LogP contribution in [0.2, 0.25) is 0 Å². The van der Waals surface area contributed by atoms with E-state index >= 15 is 0 Å². The van der Waals surface area contributed by atoms with Gasteiger partial charge in [0, 0.05) is 30.2 Å². The number of fused-ring (bicyclic) bond motifs is 1. The fraction of sp³-hybridized carbons (Fsp3) is 0.500. The summed E-state index contributed by atoms with van der Waals surface area (Å²) in [5, 5.41) is 4.45. The highest BCUT2D eigenvalue weighted by molar-refractivity contribution is 5.78. The second kappa shape index (κ2) is 6.44. The molecule has 21 heavy (non-hydrogen) atoms. The summed E-state index contributed by atoms with van der Waals surface area (Å²) in [4.78, 5) is 11.9. The zero-order valence-corrected chi connectivity index (χ0v) is 12.7. The van der Waals surface area contributed by atoms with Crippen LogP contribution in [0.3, 0.4) is 0 Å². The van der Waals surface area contributed by atoms with Gasteiger partial charge in [-0.1, -0.05) is 25.5 Å². The molecule has 1 N–H and O–H groups in total. The van der Waals surface area contributed by atoms with Crippen molar-refractivity contribution in [2.45, 2.75) is 45.2 Å². The number of nitrogens with one attached hydrogen (secondary N) is 1. The van der Waals surface area contributed by atoms with Gasteiger partial charge in [0.05, 0.1) is 5.52 Å². The van der Waals surface area contributed by atoms with Crippen molar-refractivity contribution in [2.24, 2.45) is 5.92 Å². The van der Waals surface area contributed by atoms with Crippen LogP contribution in [-0.2, 0) is 6.54 Å². The summed E-state index contributed by atoms with van der Waals surface area (Å²) in [7, 11) is 0. The highest BCUT2D eigenvalue weighted by Crippen LogP contribution is 2.29. The Balaban J connectivity index is 1.77. The van der Waals surface area contributed by atoms with E-state index in [4.69, 9.17) is 0 Å². The summed E-state index contributed by atoms with van der Waals surface area (Å²) < 4.78 is 2.23. The molecular formula is C18H24N2O. The van der Waals surface area contributed by atoms with Crippen molar-refractivity contribution in [3.8, 4) is 0 Å². The monoisotopic (exact) mass is 284 g/mol. The minimum Gasteiger partial charge on any atom is -0.347 e. The molecule has 3 rings (SSSR count). The lowest BCUT2D eigenvalue weighted by molar-refractivity contribution is 0.368. The molecule has 0 radical (unpaired) electrons. The van der Waals surface area contributed by atoms with E-state index in [0.29, 0.717) is 6.04 Å². The van der Waals surface area contributed by atoms with Crippen molar-refractivity contribution in [3.05, 3.63) is 46.8 Å². The molecule has 1 heterocycles. The molecule has 0 aliphatic heterocycles. The number of nitrogens with zero attached hydrogens (tertiary/aromatic N) is 1. The topological polar surface area (TPSA) is 34.0 Å². The first-order valence-electron chi connectivity index (χ1n) is 8.11. The molecule has 3 nitrogen and oxygen atoms in total. The highest BCUT2D eigenvalue weighted by atomic mass is 16.1. The number of rotatable bonds is 5. The summed E-state index contributed by atoms with van der Waals surface area (Å²) in [5.41, 5.74) is 1.18. The Morgan fingerprint density at radius 1 is 1.24 bits per heavy atom. The van der Waals surface area contributed by atoms with Gasteiger partial charge in [0.15, 0.2) is 5.43 Å². The Kier molecular flexibility index (Phi) is 4.39. The van der Waals surface area contributed by atoms with Gasteiger partial charge < -0.3 is 9.88 Å². The lowest BCUT2D eigenvalue weighted by atomic mass is 9.99. The Hall–Kier alpha value is -1.61. The van der Waals surface area contributed by atoms with Gasteiger partial charge in [-0.15, -0.1) is 0 Å². The van der Waals surface area contributed by atoms with Crippen LogP contribution in [0.5, 0.6) is 0 Å². The molecule has 112 valence electrons. The van der Waals surface area contributed by atoms with Gasteiger partial charge in [0.2, 0.25) is 0 Å². The zero-order valence-electron chi connectivity index (χ0n) is 12.7. The third-order valence-electron chi connectivity index (χ3n) is 4.75. The largest absolute Gasteiger partial charge is 0.347 e. The lowest BCUT2D eigenvalue weighted by Crippen LogP contribution is -2.32. The predicted octanol–water partition coefficient (Wildman–Crippen LogP) is 3.17. The van der Waals surface area contributed by atoms with Gasteiger partial charge in [-0.25, -0.2) is 0 Å². The molecule has 0 spiro atoms. The first-order valence-corrected chi connectivity index (χ1v) is 8.11. The molecule has 1 aromatic carbocycles. The minimum absolute atomic E-state index is 0.119. The van der Waals surface area contributed by atoms with E-state index in [9.17, 15) is 4.79 Å². The number of hydrogen-bond donors (Lipinski definition) is 1. The van der Waals surface area contributed by atoms with Crippen LogP contribution in [0.25, 0.3) is 10.9 Å². The number of hydrogen-bond acceptors (Lipinski definition) is 2. The lowest BCUT2D eigenvalue weighted by Gasteiger charge is -2.21. The summed E-state index contributed by atoms with van der Waals surface area (Å²) in [6.07, 6.45) is 7.11. The minimum atomic E-state index is 0.119. The van der Waals surface area contributed by atoms with E-state index in [1.165, 1.54) is 25.7 Å². The zero-order chi connectivity index (χ0) is 14.7. The Morgan fingerprint density at radius 2 is 2.10 bits per heavy atom. The van der Waals surface area contributed by atoms with Crippen LogP contribution in [0.4, 0.5) is 0 Å². The average molecular weight is 284 g/mol. The molecule has 1 saturated carbocycles. The quantitative estimate of drug-likeness (QED) is 0.915. The van der Waals surface area contributed by atoms with Gasteiger partial charge in [-0.05, 0) is 43.9 Å². The molecule has 0 bridgehead atoms. The smallest absolute Gasteiger partial charge is 0.189 e. The molecule has 2 atom stereocenters. The van der Waals surface area contributed by atoms with Gasteiger partial charge >= 0.3 is 0 Å². The van der Waals surface area contributed by atoms with E-state index in [1.54, 1.807) is 6.07 Å². The van der Waals surface area contributed by atoms with Crippen LogP contribution >= 0.6 is 0 Å². The van der Waals surface area contributed by atoms with Crippen LogP contribution < -0.4 is 10.7 Å². The third kappa shape index (κ3) is 3.03. The summed E-state index contributed by atoms with van der Waals surface area (Å²) in [6.45, 7) is 4.24. The Labute approximate surface area is 126 Å². The van der Waals surface area contributed by atoms with E-state index in [2.05, 4.69) is 16.8 Å². The van der Waals surface area contributed by atoms with E-state index in [1.807, 2.05) is 30.5 Å². The van der Waals surface area contributed by atoms with Crippen molar-refractivity contribution < 1.29 is 0 Å². The van der Waals surface area contributed by atoms with Gasteiger partial charge in [0.1, 0.15) is 0 Å². The van der Waals surface area contributed by atoms with Gasteiger partial charge in [-0.3, -0.25) is 4.79 Å². The highest BCUT2D eigenvalue weighted by Gasteiger charge is 2.25. The van der Waals surface area contributed by atoms with Crippen LogP contribution in [0.1, 0.15) is 32.6 Å². The molecular weight excluding hydrogens is 260 g/mol. The fourth-order valence-electron chi connectivity index (χ4n) is 3.67. The van der Waals surface area contributed by atoms with Crippen LogP contribution in [-0.4, -0.2) is 17.2 Å². The molecule has 1 aromatic heterocycles. The van der Waals surface area contributed by atoms with E-state index < -0.39 is 0 Å². The maximum atomic E-state index is 11.9. The Morgan fingerprint density at radius 3 is 2.95 bits per heavy atom. The normalized spacial score (nSPS) is 22.0. The van der Waals surface area contributed by atoms with Gasteiger partial charge in [0.25, 0.3) is 0 Å². The summed E-state index contributed by atoms with van der Waals surface area (Å²) in [5.74, 6) is 0.767. The molecule has 1 fully saturated rings. The van der Waals surface area contributed by atoms with E-state index in [-0.39, 0.29) is 5.43 Å². The van der Waals surface area contributed by atoms with Crippen LogP contribution in [0.15, 0.2) is 41.3 Å². The number of para-hydroxylation sites is 1. The van der Waals surface area contributed by atoms with Gasteiger partial charge in [-0.2, -0.15) is 0 Å². The molecule has 0 saturated heterocycles. The number of pyridine rings is 1. The van der Waals surface area contributed by atoms with Crippen molar-refractivity contribution in [1.29, 1.82) is 0 Å². The summed E-state index contributed by atoms with van der Waals surface area (Å²) >= 11 is 0. The predicted molar refractivity (Wildman–Crippen MR) is 87.6 cm³/mol. The van der Waals surface area contributed by atoms with Crippen molar-refractivity contribution in [1.82, 2.24) is 9.88 Å². The van der Waals surface area contributed by atoms with E-state index in [0.717, 1.165) is 29.9 Å².